The summed E-state index contributed by atoms with van der Waals surface area (Å²) in [6.45, 7) is 4.88. The fourth-order valence-electron chi connectivity index (χ4n) is 1.16. The smallest absolute Gasteiger partial charge is 0.308 e. The third-order valence-electron chi connectivity index (χ3n) is 2.38. The minimum atomic E-state index is 0.0295. The van der Waals surface area contributed by atoms with Crippen LogP contribution in [0, 0.1) is 11.8 Å². The van der Waals surface area contributed by atoms with Crippen LogP contribution in [-0.4, -0.2) is 12.6 Å². The molecule has 12 heavy (non-hydrogen) atoms. The molecule has 0 atom stereocenters. The Labute approximate surface area is 74.3 Å². The largest absolute Gasteiger partial charge is 0.465 e. The van der Waals surface area contributed by atoms with E-state index in [4.69, 9.17) is 4.74 Å². The summed E-state index contributed by atoms with van der Waals surface area (Å²) in [5.41, 5.74) is 0. The number of carbonyl (C=O) groups is 1. The molecule has 1 rings (SSSR count). The molecule has 0 bridgehead atoms. The van der Waals surface area contributed by atoms with Gasteiger partial charge in [-0.1, -0.05) is 20.3 Å². The van der Waals surface area contributed by atoms with Gasteiger partial charge in [0.1, 0.15) is 0 Å². The number of esters is 1. The average molecular weight is 170 g/mol. The van der Waals surface area contributed by atoms with Gasteiger partial charge in [-0.05, 0) is 25.2 Å². The van der Waals surface area contributed by atoms with E-state index in [1.807, 2.05) is 0 Å². The Bertz CT molecular complexity index is 148. The summed E-state index contributed by atoms with van der Waals surface area (Å²) in [5.74, 6) is 0.887. The molecule has 0 aromatic carbocycles. The highest BCUT2D eigenvalue weighted by atomic mass is 16.5. The van der Waals surface area contributed by atoms with Gasteiger partial charge in [-0.25, -0.2) is 0 Å². The van der Waals surface area contributed by atoms with Gasteiger partial charge in [-0.3, -0.25) is 4.79 Å². The molecule has 2 heteroatoms. The van der Waals surface area contributed by atoms with E-state index < -0.39 is 0 Å². The summed E-state index contributed by atoms with van der Waals surface area (Å²) in [6, 6.07) is 0. The standard InChI is InChI=1S/C10H18O2/c1-8(2)6-7-12-10(11)9-4-3-5-9/h8-9H,3-7H2,1-2H3. The summed E-state index contributed by atoms with van der Waals surface area (Å²) in [4.78, 5) is 11.2. The Balaban J connectivity index is 2.02. The maximum absolute atomic E-state index is 11.2. The first kappa shape index (κ1) is 9.56. The predicted molar refractivity (Wildman–Crippen MR) is 47.8 cm³/mol. The van der Waals surface area contributed by atoms with Crippen LogP contribution in [0.4, 0.5) is 0 Å². The van der Waals surface area contributed by atoms with Crippen molar-refractivity contribution < 1.29 is 9.53 Å². The van der Waals surface area contributed by atoms with E-state index in [-0.39, 0.29) is 11.9 Å². The fraction of sp³-hybridized carbons (Fsp3) is 0.900. The first-order valence-electron chi connectivity index (χ1n) is 4.87. The zero-order chi connectivity index (χ0) is 8.97. The fourth-order valence-corrected chi connectivity index (χ4v) is 1.16. The molecule has 0 N–H and O–H groups in total. The van der Waals surface area contributed by atoms with Gasteiger partial charge >= 0.3 is 5.97 Å². The van der Waals surface area contributed by atoms with Gasteiger partial charge in [0.05, 0.1) is 12.5 Å². The maximum Gasteiger partial charge on any atom is 0.308 e. The van der Waals surface area contributed by atoms with E-state index in [0.29, 0.717) is 12.5 Å². The quantitative estimate of drug-likeness (QED) is 0.605. The van der Waals surface area contributed by atoms with E-state index in [1.54, 1.807) is 0 Å². The average Bonchev–Trinajstić information content (AvgIpc) is 1.81. The molecule has 0 aromatic heterocycles. The molecule has 1 aliphatic rings. The Morgan fingerprint density at radius 1 is 1.50 bits per heavy atom. The molecule has 0 unspecified atom stereocenters. The second-order valence-electron chi connectivity index (χ2n) is 3.98. The van der Waals surface area contributed by atoms with E-state index >= 15 is 0 Å². The van der Waals surface area contributed by atoms with Crippen LogP contribution < -0.4 is 0 Å². The summed E-state index contributed by atoms with van der Waals surface area (Å²) in [7, 11) is 0. The van der Waals surface area contributed by atoms with Gasteiger partial charge in [0.15, 0.2) is 0 Å². The first-order chi connectivity index (χ1) is 5.70. The molecule has 2 nitrogen and oxygen atoms in total. The van der Waals surface area contributed by atoms with Gasteiger partial charge < -0.3 is 4.74 Å². The third kappa shape index (κ3) is 2.84. The van der Waals surface area contributed by atoms with Gasteiger partial charge in [0.25, 0.3) is 0 Å². The van der Waals surface area contributed by atoms with Crippen molar-refractivity contribution in [2.75, 3.05) is 6.61 Å². The van der Waals surface area contributed by atoms with Gasteiger partial charge in [0.2, 0.25) is 0 Å². The number of hydrogen-bond donors (Lipinski definition) is 0. The molecule has 0 saturated heterocycles. The number of rotatable bonds is 4. The number of ether oxygens (including phenoxy) is 1. The lowest BCUT2D eigenvalue weighted by Gasteiger charge is -2.23. The number of hydrogen-bond acceptors (Lipinski definition) is 2. The van der Waals surface area contributed by atoms with E-state index in [0.717, 1.165) is 19.3 Å². The lowest BCUT2D eigenvalue weighted by atomic mass is 9.86. The van der Waals surface area contributed by atoms with Crippen molar-refractivity contribution in [1.82, 2.24) is 0 Å². The molecule has 70 valence electrons. The minimum absolute atomic E-state index is 0.0295. The van der Waals surface area contributed by atoms with Crippen molar-refractivity contribution in [2.45, 2.75) is 39.5 Å². The highest BCUT2D eigenvalue weighted by molar-refractivity contribution is 5.73. The second-order valence-corrected chi connectivity index (χ2v) is 3.98. The molecule has 1 fully saturated rings. The lowest BCUT2D eigenvalue weighted by Crippen LogP contribution is -2.24. The molecule has 1 saturated carbocycles. The van der Waals surface area contributed by atoms with Crippen LogP contribution in [0.15, 0.2) is 0 Å². The van der Waals surface area contributed by atoms with Gasteiger partial charge in [-0.2, -0.15) is 0 Å². The molecule has 0 spiro atoms. The van der Waals surface area contributed by atoms with Crippen molar-refractivity contribution in [3.63, 3.8) is 0 Å². The van der Waals surface area contributed by atoms with E-state index in [2.05, 4.69) is 13.8 Å². The third-order valence-corrected chi connectivity index (χ3v) is 2.38. The van der Waals surface area contributed by atoms with Crippen molar-refractivity contribution >= 4 is 5.97 Å². The van der Waals surface area contributed by atoms with Crippen LogP contribution in [0.1, 0.15) is 39.5 Å². The Morgan fingerprint density at radius 2 is 2.17 bits per heavy atom. The Morgan fingerprint density at radius 3 is 2.58 bits per heavy atom. The van der Waals surface area contributed by atoms with Crippen LogP contribution >= 0.6 is 0 Å². The van der Waals surface area contributed by atoms with Crippen molar-refractivity contribution in [3.8, 4) is 0 Å². The van der Waals surface area contributed by atoms with Crippen molar-refractivity contribution in [1.29, 1.82) is 0 Å². The zero-order valence-corrected chi connectivity index (χ0v) is 8.01. The topological polar surface area (TPSA) is 26.3 Å². The van der Waals surface area contributed by atoms with Crippen molar-refractivity contribution in [2.24, 2.45) is 11.8 Å². The van der Waals surface area contributed by atoms with Crippen LogP contribution in [-0.2, 0) is 9.53 Å². The summed E-state index contributed by atoms with van der Waals surface area (Å²) in [5, 5.41) is 0. The summed E-state index contributed by atoms with van der Waals surface area (Å²) < 4.78 is 5.12. The molecule has 0 radical (unpaired) electrons. The second kappa shape index (κ2) is 4.48. The van der Waals surface area contributed by atoms with Gasteiger partial charge in [-0.15, -0.1) is 0 Å². The molecular weight excluding hydrogens is 152 g/mol. The molecule has 0 aliphatic heterocycles. The molecular formula is C10H18O2. The maximum atomic E-state index is 11.2. The SMILES string of the molecule is CC(C)CCOC(=O)C1CCC1. The van der Waals surface area contributed by atoms with Crippen LogP contribution in [0.25, 0.3) is 0 Å². The van der Waals surface area contributed by atoms with Crippen LogP contribution in [0.2, 0.25) is 0 Å². The Hall–Kier alpha value is -0.530. The van der Waals surface area contributed by atoms with E-state index in [1.165, 1.54) is 6.42 Å². The van der Waals surface area contributed by atoms with E-state index in [9.17, 15) is 4.79 Å². The minimum Gasteiger partial charge on any atom is -0.465 e. The van der Waals surface area contributed by atoms with Crippen LogP contribution in [0.3, 0.4) is 0 Å². The van der Waals surface area contributed by atoms with Crippen LogP contribution in [0.5, 0.6) is 0 Å². The highest BCUT2D eigenvalue weighted by Crippen LogP contribution is 2.27. The number of carbonyl (C=O) groups excluding carboxylic acids is 1. The Kier molecular flexibility index (Phi) is 3.57. The lowest BCUT2D eigenvalue weighted by molar-refractivity contribution is -0.151. The van der Waals surface area contributed by atoms with Gasteiger partial charge in [0, 0.05) is 0 Å². The monoisotopic (exact) mass is 170 g/mol. The van der Waals surface area contributed by atoms with Crippen molar-refractivity contribution in [3.05, 3.63) is 0 Å². The summed E-state index contributed by atoms with van der Waals surface area (Å²) >= 11 is 0. The molecule has 0 aromatic rings. The molecule has 0 heterocycles. The zero-order valence-electron chi connectivity index (χ0n) is 8.01. The predicted octanol–water partition coefficient (Wildman–Crippen LogP) is 2.38. The normalized spacial score (nSPS) is 17.6. The first-order valence-corrected chi connectivity index (χ1v) is 4.87. The highest BCUT2D eigenvalue weighted by Gasteiger charge is 2.26. The summed E-state index contributed by atoms with van der Waals surface area (Å²) in [6.07, 6.45) is 4.27. The molecule has 0 amide bonds. The molecule has 1 aliphatic carbocycles.